The minimum Gasteiger partial charge on any atom is -0.442 e. The summed E-state index contributed by atoms with van der Waals surface area (Å²) in [6.07, 6.45) is 1.88. The van der Waals surface area contributed by atoms with Crippen LogP contribution in [0.2, 0.25) is 0 Å². The topological polar surface area (TPSA) is 144 Å². The number of ether oxygens (including phenoxy) is 2. The number of carbonyl (C=O) groups is 2. The van der Waals surface area contributed by atoms with Gasteiger partial charge in [-0.15, -0.1) is 4.36 Å². The van der Waals surface area contributed by atoms with Crippen molar-refractivity contribution in [2.45, 2.75) is 45.1 Å². The van der Waals surface area contributed by atoms with Gasteiger partial charge in [0.05, 0.1) is 27.1 Å². The molecule has 4 rings (SSSR count). The van der Waals surface area contributed by atoms with E-state index in [9.17, 15) is 23.5 Å². The Bertz CT molecular complexity index is 1920. The van der Waals surface area contributed by atoms with Gasteiger partial charge >= 0.3 is 6.09 Å². The van der Waals surface area contributed by atoms with Gasteiger partial charge in [-0.25, -0.2) is 19.0 Å². The summed E-state index contributed by atoms with van der Waals surface area (Å²) in [7, 11) is -3.22. The molecule has 226 valence electrons. The zero-order valence-corrected chi connectivity index (χ0v) is 25.8. The molecule has 2 aromatic carbocycles. The average Bonchev–Trinajstić information content (AvgIpc) is 2.93. The van der Waals surface area contributed by atoms with Crippen molar-refractivity contribution < 1.29 is 27.7 Å². The predicted molar refractivity (Wildman–Crippen MR) is 164 cm³/mol. The van der Waals surface area contributed by atoms with E-state index in [0.717, 1.165) is 6.07 Å². The van der Waals surface area contributed by atoms with Gasteiger partial charge in [0, 0.05) is 28.6 Å². The number of anilines is 1. The number of rotatable bonds is 6. The van der Waals surface area contributed by atoms with Crippen LogP contribution in [0, 0.1) is 31.1 Å². The van der Waals surface area contributed by atoms with Gasteiger partial charge in [0.1, 0.15) is 11.2 Å². The van der Waals surface area contributed by atoms with E-state index in [4.69, 9.17) is 9.47 Å². The van der Waals surface area contributed by atoms with Crippen molar-refractivity contribution in [3.05, 3.63) is 95.2 Å². The van der Waals surface area contributed by atoms with E-state index in [1.165, 1.54) is 24.5 Å². The quantitative estimate of drug-likeness (QED) is 0.224. The number of nitrogens with zero attached hydrogens (tertiary/aromatic N) is 4. The van der Waals surface area contributed by atoms with Crippen molar-refractivity contribution in [2.75, 3.05) is 11.6 Å². The Labute approximate surface area is 255 Å². The molecule has 2 aromatic heterocycles. The summed E-state index contributed by atoms with van der Waals surface area (Å²) in [6, 6.07) is 17.5. The minimum atomic E-state index is -3.22. The highest BCUT2D eigenvalue weighted by molar-refractivity contribution is 7.93. The number of pyridine rings is 2. The summed E-state index contributed by atoms with van der Waals surface area (Å²) in [5.41, 5.74) is 2.11. The first-order chi connectivity index (χ1) is 20.7. The van der Waals surface area contributed by atoms with E-state index < -0.39 is 33.3 Å². The number of halogens is 1. The third-order valence-electron chi connectivity index (χ3n) is 6.24. The van der Waals surface area contributed by atoms with E-state index in [1.54, 1.807) is 77.2 Å². The molecule has 2 amide bonds. The molecule has 4 aromatic rings. The number of hydrogen-bond donors (Lipinski definition) is 1. The Morgan fingerprint density at radius 3 is 2.41 bits per heavy atom. The standard InChI is InChI=1S/C32H30FN5O5S/c1-19-25(22-12-10-21(17-34)11-13-22)18-35-30(42-26-14-15-27(33)36-20(26)2)28(19)29(39)37-23-8-7-9-24(16-23)44(6,41)38-31(40)43-32(3,4)5/h7-16,18H,1-6H3,(H,37,39)/t44-/m1/s1. The van der Waals surface area contributed by atoms with Crippen LogP contribution >= 0.6 is 0 Å². The average molecular weight is 616 g/mol. The Morgan fingerprint density at radius 1 is 1.07 bits per heavy atom. The third kappa shape index (κ3) is 7.62. The molecule has 2 heterocycles. The smallest absolute Gasteiger partial charge is 0.442 e. The second-order valence-corrected chi connectivity index (χ2v) is 13.1. The maximum atomic E-state index is 13.8. The molecule has 0 radical (unpaired) electrons. The zero-order chi connectivity index (χ0) is 32.2. The molecule has 0 aliphatic carbocycles. The lowest BCUT2D eigenvalue weighted by atomic mass is 9.97. The van der Waals surface area contributed by atoms with Gasteiger partial charge in [-0.3, -0.25) is 4.79 Å². The Morgan fingerprint density at radius 2 is 1.77 bits per heavy atom. The summed E-state index contributed by atoms with van der Waals surface area (Å²) in [5.74, 6) is -1.13. The summed E-state index contributed by atoms with van der Waals surface area (Å²) >= 11 is 0. The number of hydrogen-bond acceptors (Lipinski definition) is 8. The Balaban J connectivity index is 1.75. The summed E-state index contributed by atoms with van der Waals surface area (Å²) < 4.78 is 41.9. The van der Waals surface area contributed by atoms with Crippen molar-refractivity contribution in [3.63, 3.8) is 0 Å². The monoisotopic (exact) mass is 615 g/mol. The van der Waals surface area contributed by atoms with Gasteiger partial charge in [0.15, 0.2) is 5.75 Å². The Kier molecular flexibility index (Phi) is 9.11. The van der Waals surface area contributed by atoms with Gasteiger partial charge in [-0.05, 0) is 88.2 Å². The van der Waals surface area contributed by atoms with Crippen LogP contribution in [0.15, 0.2) is 76.1 Å². The number of aryl methyl sites for hydroxylation is 1. The van der Waals surface area contributed by atoms with Crippen LogP contribution in [0.3, 0.4) is 0 Å². The van der Waals surface area contributed by atoms with Crippen molar-refractivity contribution in [2.24, 2.45) is 4.36 Å². The van der Waals surface area contributed by atoms with E-state index in [-0.39, 0.29) is 33.5 Å². The molecule has 0 aliphatic heterocycles. The largest absolute Gasteiger partial charge is 0.442 e. The van der Waals surface area contributed by atoms with E-state index >= 15 is 0 Å². The van der Waals surface area contributed by atoms with Crippen LogP contribution in [-0.2, 0) is 14.5 Å². The molecule has 44 heavy (non-hydrogen) atoms. The first-order valence-electron chi connectivity index (χ1n) is 13.3. The molecule has 1 N–H and O–H groups in total. The van der Waals surface area contributed by atoms with Crippen molar-refractivity contribution in [1.29, 1.82) is 5.26 Å². The summed E-state index contributed by atoms with van der Waals surface area (Å²) in [6.45, 7) is 8.31. The fourth-order valence-electron chi connectivity index (χ4n) is 4.15. The number of benzene rings is 2. The first-order valence-corrected chi connectivity index (χ1v) is 15.3. The molecular formula is C32H30FN5O5S. The Hall–Kier alpha value is -5.15. The van der Waals surface area contributed by atoms with Crippen molar-refractivity contribution >= 4 is 27.4 Å². The molecule has 0 spiro atoms. The van der Waals surface area contributed by atoms with Crippen molar-refractivity contribution in [3.8, 4) is 28.8 Å². The van der Waals surface area contributed by atoms with Gasteiger partial charge in [-0.1, -0.05) is 18.2 Å². The number of carbonyl (C=O) groups excluding carboxylic acids is 2. The predicted octanol–water partition coefficient (Wildman–Crippen LogP) is 7.21. The number of nitriles is 1. The molecule has 0 fully saturated rings. The first kappa shape index (κ1) is 31.8. The molecule has 0 bridgehead atoms. The van der Waals surface area contributed by atoms with Crippen LogP contribution in [0.4, 0.5) is 14.9 Å². The van der Waals surface area contributed by atoms with Crippen LogP contribution in [0.25, 0.3) is 11.1 Å². The van der Waals surface area contributed by atoms with Crippen LogP contribution < -0.4 is 10.1 Å². The lowest BCUT2D eigenvalue weighted by Crippen LogP contribution is -2.22. The second kappa shape index (κ2) is 12.6. The fraction of sp³-hybridized carbons (Fsp3) is 0.219. The third-order valence-corrected chi connectivity index (χ3v) is 7.86. The highest BCUT2D eigenvalue weighted by Gasteiger charge is 2.23. The van der Waals surface area contributed by atoms with E-state index in [2.05, 4.69) is 25.7 Å². The molecule has 0 aliphatic rings. The SMILES string of the molecule is Cc1nc(F)ccc1Oc1ncc(-c2ccc(C#N)cc2)c(C)c1C(=O)Nc1cccc([S@@](C)(=O)=NC(=O)OC(C)(C)C)c1. The molecule has 12 heteroatoms. The van der Waals surface area contributed by atoms with Crippen LogP contribution in [0.5, 0.6) is 11.6 Å². The van der Waals surface area contributed by atoms with Gasteiger partial charge in [0.25, 0.3) is 5.91 Å². The lowest BCUT2D eigenvalue weighted by molar-refractivity contribution is 0.0607. The zero-order valence-electron chi connectivity index (χ0n) is 25.0. The number of nitrogens with one attached hydrogen (secondary N) is 1. The fourth-order valence-corrected chi connectivity index (χ4v) is 5.25. The normalized spacial score (nSPS) is 12.4. The molecule has 0 unspecified atom stereocenters. The summed E-state index contributed by atoms with van der Waals surface area (Å²) in [4.78, 5) is 34.5. The number of aromatic nitrogens is 2. The van der Waals surface area contributed by atoms with E-state index in [1.807, 2.05) is 0 Å². The maximum Gasteiger partial charge on any atom is 0.442 e. The molecular weight excluding hydrogens is 585 g/mol. The molecule has 10 nitrogen and oxygen atoms in total. The second-order valence-electron chi connectivity index (χ2n) is 10.8. The highest BCUT2D eigenvalue weighted by atomic mass is 32.2. The minimum absolute atomic E-state index is 0.0516. The van der Waals surface area contributed by atoms with Gasteiger partial charge in [-0.2, -0.15) is 9.65 Å². The maximum absolute atomic E-state index is 13.8. The van der Waals surface area contributed by atoms with Gasteiger partial charge in [0.2, 0.25) is 11.8 Å². The lowest BCUT2D eigenvalue weighted by Gasteiger charge is -2.18. The molecule has 1 atom stereocenters. The van der Waals surface area contributed by atoms with Crippen LogP contribution in [0.1, 0.15) is 48.0 Å². The summed E-state index contributed by atoms with van der Waals surface area (Å²) in [5, 5.41) is 12.0. The highest BCUT2D eigenvalue weighted by Crippen LogP contribution is 2.34. The number of amides is 2. The van der Waals surface area contributed by atoms with Crippen LogP contribution in [-0.4, -0.2) is 38.0 Å². The molecule has 0 saturated heterocycles. The van der Waals surface area contributed by atoms with E-state index in [0.29, 0.717) is 22.3 Å². The van der Waals surface area contributed by atoms with Gasteiger partial charge < -0.3 is 14.8 Å². The molecule has 0 saturated carbocycles. The van der Waals surface area contributed by atoms with Crippen molar-refractivity contribution in [1.82, 2.24) is 9.97 Å².